The zero-order chi connectivity index (χ0) is 24.1. The molecule has 0 atom stereocenters. The second-order valence-electron chi connectivity index (χ2n) is 7.01. The van der Waals surface area contributed by atoms with Crippen molar-refractivity contribution in [3.05, 3.63) is 71.7 Å². The van der Waals surface area contributed by atoms with Crippen LogP contribution in [0.1, 0.15) is 31.2 Å². The van der Waals surface area contributed by atoms with Gasteiger partial charge in [0, 0.05) is 27.5 Å². The first-order valence-corrected chi connectivity index (χ1v) is 11.0. The molecule has 0 fully saturated rings. The van der Waals surface area contributed by atoms with Crippen LogP contribution in [-0.2, 0) is 11.2 Å². The molecule has 0 saturated carbocycles. The molecule has 0 aliphatic heterocycles. The number of hydrogen-bond donors (Lipinski definition) is 1. The second-order valence-corrected chi connectivity index (χ2v) is 8.36. The highest BCUT2D eigenvalue weighted by Gasteiger charge is 2.21. The quantitative estimate of drug-likeness (QED) is 0.250. The Bertz CT molecular complexity index is 1320. The number of benzene rings is 2. The van der Waals surface area contributed by atoms with E-state index in [1.54, 1.807) is 18.2 Å². The Morgan fingerprint density at radius 1 is 1.39 bits per heavy atom. The van der Waals surface area contributed by atoms with Gasteiger partial charge in [0.15, 0.2) is 6.61 Å². The molecule has 0 bridgehead atoms. The number of carbonyl (C=O) groups is 1. The number of carbonyl (C=O) groups excluding carboxylic acids is 1. The second kappa shape index (κ2) is 10.5. The zero-order valence-corrected chi connectivity index (χ0v) is 19.8. The number of halogens is 2. The molecule has 0 saturated heterocycles. The smallest absolute Gasteiger partial charge is 0.313 e. The van der Waals surface area contributed by atoms with E-state index in [1.807, 2.05) is 6.92 Å². The van der Waals surface area contributed by atoms with Crippen molar-refractivity contribution < 1.29 is 14.5 Å². The van der Waals surface area contributed by atoms with Gasteiger partial charge in [0.25, 0.3) is 11.5 Å². The van der Waals surface area contributed by atoms with Crippen LogP contribution in [0.4, 0.5) is 5.69 Å². The Morgan fingerprint density at radius 2 is 2.15 bits per heavy atom. The van der Waals surface area contributed by atoms with Crippen molar-refractivity contribution in [1.82, 2.24) is 9.66 Å². The van der Waals surface area contributed by atoms with Crippen LogP contribution in [0.15, 0.2) is 44.7 Å². The fourth-order valence-corrected chi connectivity index (χ4v) is 3.64. The van der Waals surface area contributed by atoms with Gasteiger partial charge in [0.2, 0.25) is 5.75 Å². The number of aromatic nitrogens is 2. The lowest BCUT2D eigenvalue weighted by Crippen LogP contribution is -2.23. The van der Waals surface area contributed by atoms with Crippen molar-refractivity contribution >= 4 is 56.2 Å². The van der Waals surface area contributed by atoms with Gasteiger partial charge in [0.1, 0.15) is 5.82 Å². The summed E-state index contributed by atoms with van der Waals surface area (Å²) in [7, 11) is 0. The van der Waals surface area contributed by atoms with Gasteiger partial charge in [-0.15, -0.1) is 0 Å². The van der Waals surface area contributed by atoms with Crippen molar-refractivity contribution in [3.8, 4) is 5.75 Å². The predicted octanol–water partition coefficient (Wildman–Crippen LogP) is 3.81. The lowest BCUT2D eigenvalue weighted by atomic mass is 10.2. The molecule has 1 heterocycles. The minimum Gasteiger partial charge on any atom is -0.476 e. The zero-order valence-electron chi connectivity index (χ0n) is 17.5. The van der Waals surface area contributed by atoms with Gasteiger partial charge < -0.3 is 10.5 Å². The van der Waals surface area contributed by atoms with E-state index in [9.17, 15) is 19.7 Å². The summed E-state index contributed by atoms with van der Waals surface area (Å²) in [5, 5.41) is 16.1. The number of fused-ring (bicyclic) bond motifs is 1. The number of unbranched alkanes of at least 4 members (excludes halogenated alkanes) is 1. The van der Waals surface area contributed by atoms with E-state index in [4.69, 9.17) is 22.1 Å². The number of primary amides is 1. The summed E-state index contributed by atoms with van der Waals surface area (Å²) >= 11 is 9.39. The third kappa shape index (κ3) is 5.74. The van der Waals surface area contributed by atoms with Crippen LogP contribution in [0.3, 0.4) is 0 Å². The van der Waals surface area contributed by atoms with E-state index in [0.717, 1.165) is 23.6 Å². The van der Waals surface area contributed by atoms with Gasteiger partial charge in [-0.05, 0) is 30.7 Å². The maximum atomic E-state index is 13.2. The van der Waals surface area contributed by atoms with Crippen LogP contribution >= 0.6 is 27.5 Å². The summed E-state index contributed by atoms with van der Waals surface area (Å²) in [6, 6.07) is 7.63. The number of aryl methyl sites for hydroxylation is 1. The molecule has 33 heavy (non-hydrogen) atoms. The lowest BCUT2D eigenvalue weighted by Gasteiger charge is -2.11. The number of ether oxygens (including phenoxy) is 1. The van der Waals surface area contributed by atoms with Gasteiger partial charge in [-0.1, -0.05) is 40.9 Å². The largest absolute Gasteiger partial charge is 0.476 e. The topological polar surface area (TPSA) is 143 Å². The van der Waals surface area contributed by atoms with Crippen molar-refractivity contribution in [3.63, 3.8) is 0 Å². The molecule has 3 aromatic rings. The Hall–Kier alpha value is -3.31. The van der Waals surface area contributed by atoms with Gasteiger partial charge in [-0.2, -0.15) is 9.78 Å². The number of hydrogen-bond acceptors (Lipinski definition) is 7. The monoisotopic (exact) mass is 535 g/mol. The molecule has 0 spiro atoms. The number of nitro benzene ring substituents is 1. The molecule has 0 radical (unpaired) electrons. The summed E-state index contributed by atoms with van der Waals surface area (Å²) in [6.45, 7) is 1.42. The first-order chi connectivity index (χ1) is 15.7. The van der Waals surface area contributed by atoms with Crippen molar-refractivity contribution in [2.45, 2.75) is 26.2 Å². The molecule has 2 aromatic carbocycles. The molecule has 1 amide bonds. The summed E-state index contributed by atoms with van der Waals surface area (Å²) in [5.74, 6) is -0.625. The maximum absolute atomic E-state index is 13.2. The number of rotatable bonds is 9. The number of nitro groups is 1. The van der Waals surface area contributed by atoms with Crippen LogP contribution in [0.5, 0.6) is 5.75 Å². The van der Waals surface area contributed by atoms with Crippen molar-refractivity contribution in [2.24, 2.45) is 10.8 Å². The van der Waals surface area contributed by atoms with E-state index in [0.29, 0.717) is 27.6 Å². The van der Waals surface area contributed by atoms with E-state index >= 15 is 0 Å². The summed E-state index contributed by atoms with van der Waals surface area (Å²) in [6.07, 6.45) is 3.36. The fraction of sp³-hybridized carbons (Fsp3) is 0.238. The highest BCUT2D eigenvalue weighted by molar-refractivity contribution is 9.10. The van der Waals surface area contributed by atoms with Gasteiger partial charge in [0.05, 0.1) is 22.0 Å². The lowest BCUT2D eigenvalue weighted by molar-refractivity contribution is -0.385. The first-order valence-electron chi connectivity index (χ1n) is 9.85. The fourth-order valence-electron chi connectivity index (χ4n) is 3.06. The number of amides is 1. The molecule has 172 valence electrons. The molecular weight excluding hydrogens is 518 g/mol. The highest BCUT2D eigenvalue weighted by Crippen LogP contribution is 2.33. The Morgan fingerprint density at radius 3 is 2.82 bits per heavy atom. The molecule has 2 N–H and O–H groups in total. The molecule has 10 nitrogen and oxygen atoms in total. The molecule has 1 aromatic heterocycles. The summed E-state index contributed by atoms with van der Waals surface area (Å²) in [5.41, 5.74) is 4.87. The molecule has 0 aliphatic rings. The van der Waals surface area contributed by atoms with Crippen LogP contribution in [0, 0.1) is 10.1 Å². The average molecular weight is 537 g/mol. The molecular formula is C21H19BrClN5O5. The van der Waals surface area contributed by atoms with E-state index in [-0.39, 0.29) is 16.3 Å². The van der Waals surface area contributed by atoms with Gasteiger partial charge in [-0.25, -0.2) is 4.98 Å². The van der Waals surface area contributed by atoms with E-state index < -0.39 is 28.7 Å². The van der Waals surface area contributed by atoms with Crippen LogP contribution in [-0.4, -0.2) is 33.3 Å². The molecule has 12 heteroatoms. The average Bonchev–Trinajstić information content (AvgIpc) is 2.76. The summed E-state index contributed by atoms with van der Waals surface area (Å²) in [4.78, 5) is 39.7. The van der Waals surface area contributed by atoms with Crippen LogP contribution in [0.2, 0.25) is 5.02 Å². The normalized spacial score (nSPS) is 11.2. The van der Waals surface area contributed by atoms with Crippen molar-refractivity contribution in [2.75, 3.05) is 6.61 Å². The third-order valence-corrected chi connectivity index (χ3v) is 5.27. The Kier molecular flexibility index (Phi) is 7.77. The van der Waals surface area contributed by atoms with E-state index in [1.165, 1.54) is 12.3 Å². The Balaban J connectivity index is 2.18. The Labute approximate surface area is 201 Å². The predicted molar refractivity (Wildman–Crippen MR) is 128 cm³/mol. The molecule has 0 aliphatic carbocycles. The van der Waals surface area contributed by atoms with Crippen LogP contribution < -0.4 is 16.0 Å². The third-order valence-electron chi connectivity index (χ3n) is 4.56. The summed E-state index contributed by atoms with van der Waals surface area (Å²) < 4.78 is 7.13. The number of nitrogens with two attached hydrogens (primary N) is 1. The SMILES string of the molecule is CCCCc1nc2ccc(Br)cc2c(=O)n1N=Cc1cc(Cl)cc([N+](=O)[O-])c1OCC(N)=O. The highest BCUT2D eigenvalue weighted by atomic mass is 79.9. The minimum atomic E-state index is -0.815. The minimum absolute atomic E-state index is 0.0497. The van der Waals surface area contributed by atoms with Gasteiger partial charge in [-0.3, -0.25) is 19.7 Å². The number of nitrogens with zero attached hydrogens (tertiary/aromatic N) is 4. The standard InChI is InChI=1S/C21H19BrClN5O5/c1-2-3-4-19-26-16-6-5-13(22)8-15(16)21(30)27(19)25-10-12-7-14(23)9-17(28(31)32)20(12)33-11-18(24)29/h5-10H,2-4,11H2,1H3,(H2,24,29). The van der Waals surface area contributed by atoms with Crippen molar-refractivity contribution in [1.29, 1.82) is 0 Å². The first kappa shape index (κ1) is 24.3. The van der Waals surface area contributed by atoms with Gasteiger partial charge >= 0.3 is 5.69 Å². The van der Waals surface area contributed by atoms with Crippen LogP contribution in [0.25, 0.3) is 10.9 Å². The van der Waals surface area contributed by atoms with E-state index in [2.05, 4.69) is 26.0 Å². The maximum Gasteiger partial charge on any atom is 0.313 e. The molecule has 3 rings (SSSR count). The molecule has 0 unspecified atom stereocenters.